The number of carbonyl (C=O) groups excluding carboxylic acids is 3. The van der Waals surface area contributed by atoms with Crippen LogP contribution >= 0.6 is 0 Å². The number of carbonyl (C=O) groups is 3. The highest BCUT2D eigenvalue weighted by Gasteiger charge is 2.22. The summed E-state index contributed by atoms with van der Waals surface area (Å²) in [6.07, 6.45) is 1.23. The zero-order chi connectivity index (χ0) is 21.7. The third-order valence-corrected chi connectivity index (χ3v) is 4.72. The van der Waals surface area contributed by atoms with Crippen LogP contribution in [0.1, 0.15) is 36.5 Å². The molecule has 156 valence electrons. The number of piperidine rings is 1. The number of rotatable bonds is 6. The van der Waals surface area contributed by atoms with E-state index in [0.717, 1.165) is 12.8 Å². The van der Waals surface area contributed by atoms with Crippen molar-refractivity contribution in [3.05, 3.63) is 64.2 Å². The summed E-state index contributed by atoms with van der Waals surface area (Å²) >= 11 is 0. The van der Waals surface area contributed by atoms with Gasteiger partial charge in [-0.25, -0.2) is 4.79 Å². The summed E-state index contributed by atoms with van der Waals surface area (Å²) in [4.78, 5) is 48.5. The van der Waals surface area contributed by atoms with E-state index in [4.69, 9.17) is 4.74 Å². The third-order valence-electron chi connectivity index (χ3n) is 4.72. The van der Waals surface area contributed by atoms with Gasteiger partial charge in [0.25, 0.3) is 11.6 Å². The predicted molar refractivity (Wildman–Crippen MR) is 109 cm³/mol. The average Bonchev–Trinajstić information content (AvgIpc) is 2.74. The molecule has 2 aromatic rings. The number of esters is 1. The van der Waals surface area contributed by atoms with Crippen LogP contribution < -0.4 is 10.2 Å². The summed E-state index contributed by atoms with van der Waals surface area (Å²) in [5.74, 6) is -1.24. The number of hydrogen-bond acceptors (Lipinski definition) is 6. The molecule has 0 unspecified atom stereocenters. The third kappa shape index (κ3) is 4.99. The van der Waals surface area contributed by atoms with Gasteiger partial charge in [0.05, 0.1) is 10.5 Å². The Morgan fingerprint density at radius 2 is 1.90 bits per heavy atom. The smallest absolute Gasteiger partial charge is 0.338 e. The Kier molecular flexibility index (Phi) is 6.41. The Balaban J connectivity index is 1.59. The molecule has 9 heteroatoms. The van der Waals surface area contributed by atoms with Crippen molar-refractivity contribution in [2.75, 3.05) is 16.8 Å². The van der Waals surface area contributed by atoms with Crippen LogP contribution in [-0.4, -0.2) is 35.4 Å². The molecule has 1 aliphatic heterocycles. The molecule has 0 spiro atoms. The number of ether oxygens (including phenoxy) is 1. The van der Waals surface area contributed by atoms with Crippen molar-refractivity contribution in [3.8, 4) is 0 Å². The van der Waals surface area contributed by atoms with Crippen LogP contribution in [-0.2, 0) is 14.3 Å². The molecule has 3 rings (SSSR count). The highest BCUT2D eigenvalue weighted by atomic mass is 16.6. The molecule has 1 saturated heterocycles. The second-order valence-electron chi connectivity index (χ2n) is 6.89. The van der Waals surface area contributed by atoms with E-state index in [1.165, 1.54) is 31.2 Å². The lowest BCUT2D eigenvalue weighted by atomic mass is 10.1. The van der Waals surface area contributed by atoms with Gasteiger partial charge in [0.15, 0.2) is 6.10 Å². The van der Waals surface area contributed by atoms with E-state index in [0.29, 0.717) is 18.7 Å². The second-order valence-corrected chi connectivity index (χ2v) is 6.89. The van der Waals surface area contributed by atoms with Crippen molar-refractivity contribution in [1.29, 1.82) is 0 Å². The van der Waals surface area contributed by atoms with Gasteiger partial charge < -0.3 is 15.0 Å². The van der Waals surface area contributed by atoms with E-state index in [1.54, 1.807) is 29.2 Å². The molecular formula is C21H21N3O6. The molecule has 0 saturated carbocycles. The summed E-state index contributed by atoms with van der Waals surface area (Å²) in [5.41, 5.74) is 1.03. The van der Waals surface area contributed by atoms with Gasteiger partial charge in [0.1, 0.15) is 0 Å². The Morgan fingerprint density at radius 1 is 1.17 bits per heavy atom. The molecule has 0 aliphatic carbocycles. The largest absolute Gasteiger partial charge is 0.449 e. The molecule has 30 heavy (non-hydrogen) atoms. The number of nitro groups is 1. The van der Waals surface area contributed by atoms with Gasteiger partial charge in [-0.05, 0) is 50.1 Å². The minimum Gasteiger partial charge on any atom is -0.449 e. The molecule has 1 aliphatic rings. The second kappa shape index (κ2) is 9.17. The molecule has 0 radical (unpaired) electrons. The Labute approximate surface area is 172 Å². The van der Waals surface area contributed by atoms with Crippen molar-refractivity contribution < 1.29 is 24.0 Å². The minimum absolute atomic E-state index is 0.0584. The molecule has 2 amide bonds. The Hall–Kier alpha value is -3.75. The summed E-state index contributed by atoms with van der Waals surface area (Å²) in [7, 11) is 0. The zero-order valence-corrected chi connectivity index (χ0v) is 16.4. The highest BCUT2D eigenvalue weighted by molar-refractivity contribution is 5.98. The first-order chi connectivity index (χ1) is 14.3. The van der Waals surface area contributed by atoms with E-state index in [9.17, 15) is 24.5 Å². The van der Waals surface area contributed by atoms with Crippen LogP contribution in [0.15, 0.2) is 48.5 Å². The summed E-state index contributed by atoms with van der Waals surface area (Å²) < 4.78 is 5.19. The fourth-order valence-electron chi connectivity index (χ4n) is 3.08. The number of nitro benzene ring substituents is 1. The first-order valence-electron chi connectivity index (χ1n) is 9.52. The Bertz CT molecular complexity index is 973. The molecule has 1 fully saturated rings. The maximum atomic E-state index is 12.3. The number of amides is 2. The highest BCUT2D eigenvalue weighted by Crippen LogP contribution is 2.22. The monoisotopic (exact) mass is 411 g/mol. The van der Waals surface area contributed by atoms with Crippen molar-refractivity contribution in [1.82, 2.24) is 0 Å². The maximum absolute atomic E-state index is 12.3. The normalized spacial score (nSPS) is 14.7. The van der Waals surface area contributed by atoms with Crippen molar-refractivity contribution in [3.63, 3.8) is 0 Å². The summed E-state index contributed by atoms with van der Waals surface area (Å²) in [5, 5.41) is 13.3. The lowest BCUT2D eigenvalue weighted by molar-refractivity contribution is -0.384. The standard InChI is InChI=1S/C21H21N3O6/c1-14(20(26)22-16-5-4-6-18(13-16)24(28)29)30-21(27)15-8-10-17(11-9-15)23-12-3-2-7-19(23)25/h4-6,8-11,13-14H,2-3,7,12H2,1H3,(H,22,26)/t14-/m1/s1. The van der Waals surface area contributed by atoms with Crippen LogP contribution in [0.5, 0.6) is 0 Å². The van der Waals surface area contributed by atoms with Crippen molar-refractivity contribution in [2.24, 2.45) is 0 Å². The average molecular weight is 411 g/mol. The van der Waals surface area contributed by atoms with E-state index in [2.05, 4.69) is 5.32 Å². The van der Waals surface area contributed by atoms with Crippen molar-refractivity contribution in [2.45, 2.75) is 32.3 Å². The topological polar surface area (TPSA) is 119 Å². The molecule has 0 aromatic heterocycles. The van der Waals surface area contributed by atoms with Gasteiger partial charge in [-0.1, -0.05) is 6.07 Å². The van der Waals surface area contributed by atoms with E-state index < -0.39 is 22.9 Å². The lowest BCUT2D eigenvalue weighted by Gasteiger charge is -2.26. The minimum atomic E-state index is -1.11. The SMILES string of the molecule is C[C@@H](OC(=O)c1ccc(N2CCCCC2=O)cc1)C(=O)Nc1cccc([N+](=O)[O-])c1. The number of anilines is 2. The van der Waals surface area contributed by atoms with Gasteiger partial charge in [-0.3, -0.25) is 19.7 Å². The first-order valence-corrected chi connectivity index (χ1v) is 9.52. The fraction of sp³-hybridized carbons (Fsp3) is 0.286. The first kappa shape index (κ1) is 21.0. The quantitative estimate of drug-likeness (QED) is 0.443. The van der Waals surface area contributed by atoms with Gasteiger partial charge in [-0.2, -0.15) is 0 Å². The molecular weight excluding hydrogens is 390 g/mol. The van der Waals surface area contributed by atoms with Crippen LogP contribution in [0.3, 0.4) is 0 Å². The van der Waals surface area contributed by atoms with Crippen LogP contribution in [0.2, 0.25) is 0 Å². The fourth-order valence-corrected chi connectivity index (χ4v) is 3.08. The number of nitrogens with one attached hydrogen (secondary N) is 1. The number of hydrogen-bond donors (Lipinski definition) is 1. The molecule has 0 bridgehead atoms. The molecule has 1 heterocycles. The molecule has 1 atom stereocenters. The van der Waals surface area contributed by atoms with Crippen LogP contribution in [0, 0.1) is 10.1 Å². The molecule has 9 nitrogen and oxygen atoms in total. The van der Waals surface area contributed by atoms with E-state index in [1.807, 2.05) is 0 Å². The van der Waals surface area contributed by atoms with Gasteiger partial charge >= 0.3 is 5.97 Å². The molecule has 2 aromatic carbocycles. The van der Waals surface area contributed by atoms with Gasteiger partial charge in [-0.15, -0.1) is 0 Å². The van der Waals surface area contributed by atoms with E-state index in [-0.39, 0.29) is 22.8 Å². The lowest BCUT2D eigenvalue weighted by Crippen LogP contribution is -2.35. The molecule has 1 N–H and O–H groups in total. The van der Waals surface area contributed by atoms with Gasteiger partial charge in [0, 0.05) is 36.5 Å². The Morgan fingerprint density at radius 3 is 2.57 bits per heavy atom. The van der Waals surface area contributed by atoms with Crippen LogP contribution in [0.4, 0.5) is 17.1 Å². The van der Waals surface area contributed by atoms with Gasteiger partial charge in [0.2, 0.25) is 5.91 Å². The summed E-state index contributed by atoms with van der Waals surface area (Å²) in [6, 6.07) is 11.9. The maximum Gasteiger partial charge on any atom is 0.338 e. The van der Waals surface area contributed by atoms with E-state index >= 15 is 0 Å². The number of non-ortho nitro benzene ring substituents is 1. The summed E-state index contributed by atoms with van der Waals surface area (Å²) in [6.45, 7) is 2.06. The van der Waals surface area contributed by atoms with Crippen LogP contribution in [0.25, 0.3) is 0 Å². The predicted octanol–water partition coefficient (Wildman–Crippen LogP) is 3.30. The number of nitrogens with zero attached hydrogens (tertiary/aromatic N) is 2. The number of benzene rings is 2. The van der Waals surface area contributed by atoms with Crippen molar-refractivity contribution >= 4 is 34.8 Å². The zero-order valence-electron chi connectivity index (χ0n) is 16.4.